The number of alkyl halides is 3. The summed E-state index contributed by atoms with van der Waals surface area (Å²) in [4.78, 5) is 17.1. The molecule has 1 aliphatic rings. The molecule has 1 fully saturated rings. The van der Waals surface area contributed by atoms with Gasteiger partial charge in [-0.05, 0) is 67.8 Å². The van der Waals surface area contributed by atoms with Gasteiger partial charge in [0.1, 0.15) is 11.6 Å². The van der Waals surface area contributed by atoms with Gasteiger partial charge in [-0.15, -0.1) is 0 Å². The molecule has 0 saturated carbocycles. The molecule has 186 valence electrons. The minimum Gasteiger partial charge on any atom is -0.468 e. The van der Waals surface area contributed by atoms with Crippen LogP contribution < -0.4 is 0 Å². The smallest absolute Gasteiger partial charge is 0.416 e. The van der Waals surface area contributed by atoms with Crippen LogP contribution in [0.1, 0.15) is 47.0 Å². The number of halogens is 4. The third kappa shape index (κ3) is 5.93. The quantitative estimate of drug-likeness (QED) is 0.372. The number of amides is 1. The molecule has 35 heavy (non-hydrogen) atoms. The number of likely N-dealkylation sites (tertiary alicyclic amines) is 1. The van der Waals surface area contributed by atoms with Crippen molar-refractivity contribution >= 4 is 5.91 Å². The summed E-state index contributed by atoms with van der Waals surface area (Å²) in [6.45, 7) is 5.84. The van der Waals surface area contributed by atoms with Crippen molar-refractivity contribution in [1.82, 2.24) is 9.80 Å². The molecule has 2 heterocycles. The maximum absolute atomic E-state index is 13.4. The van der Waals surface area contributed by atoms with E-state index >= 15 is 0 Å². The first-order valence-electron chi connectivity index (χ1n) is 11.6. The van der Waals surface area contributed by atoms with E-state index in [1.807, 2.05) is 19.9 Å². The van der Waals surface area contributed by atoms with Gasteiger partial charge in [0.2, 0.25) is 0 Å². The molecule has 3 aromatic rings. The Morgan fingerprint density at radius 2 is 1.83 bits per heavy atom. The summed E-state index contributed by atoms with van der Waals surface area (Å²) in [6, 6.07) is 14.4. The molecule has 1 saturated heterocycles. The molecule has 0 bridgehead atoms. The average Bonchev–Trinajstić information content (AvgIpc) is 3.47. The first-order chi connectivity index (χ1) is 16.6. The minimum atomic E-state index is -4.43. The molecule has 1 amide bonds. The molecule has 0 unspecified atom stereocenters. The Morgan fingerprint density at radius 1 is 1.09 bits per heavy atom. The second-order valence-corrected chi connectivity index (χ2v) is 9.32. The van der Waals surface area contributed by atoms with Gasteiger partial charge >= 0.3 is 6.18 Å². The van der Waals surface area contributed by atoms with Crippen LogP contribution in [0.3, 0.4) is 0 Å². The maximum Gasteiger partial charge on any atom is 0.416 e. The third-order valence-corrected chi connectivity index (χ3v) is 6.52. The van der Waals surface area contributed by atoms with Crippen molar-refractivity contribution in [3.63, 3.8) is 0 Å². The number of hydrogen-bond donors (Lipinski definition) is 0. The predicted molar refractivity (Wildman–Crippen MR) is 124 cm³/mol. The Balaban J connectivity index is 1.61. The third-order valence-electron chi connectivity index (χ3n) is 6.52. The normalized spacial score (nSPS) is 18.8. The first-order valence-corrected chi connectivity index (χ1v) is 11.6. The number of nitrogens with zero attached hydrogens (tertiary/aromatic N) is 2. The Morgan fingerprint density at radius 3 is 2.46 bits per heavy atom. The summed E-state index contributed by atoms with van der Waals surface area (Å²) in [7, 11) is 0. The van der Waals surface area contributed by atoms with E-state index in [0.717, 1.165) is 11.8 Å². The summed E-state index contributed by atoms with van der Waals surface area (Å²) in [6.07, 6.45) is -2.84. The molecular formula is C27H28F4N2O2. The monoisotopic (exact) mass is 488 g/mol. The lowest BCUT2D eigenvalue weighted by Gasteiger charge is -2.32. The zero-order valence-corrected chi connectivity index (χ0v) is 19.6. The van der Waals surface area contributed by atoms with E-state index in [-0.39, 0.29) is 23.8 Å². The van der Waals surface area contributed by atoms with Crippen LogP contribution in [0.2, 0.25) is 0 Å². The standard InChI is InChI=1S/C27H28F4N2O2/c1-18(2)33(26(34)19-8-10-23(28)11-9-19)15-21-14-32(16-24-7-4-12-35-24)17-25(21)20-5-3-6-22(13-20)27(29,30)31/h3-13,18,21,25H,14-17H2,1-2H3/t21-,25-/m0/s1. The summed E-state index contributed by atoms with van der Waals surface area (Å²) in [5.41, 5.74) is 0.298. The van der Waals surface area contributed by atoms with Gasteiger partial charge in [-0.2, -0.15) is 13.2 Å². The van der Waals surface area contributed by atoms with Crippen molar-refractivity contribution < 1.29 is 26.8 Å². The van der Waals surface area contributed by atoms with E-state index < -0.39 is 17.6 Å². The zero-order chi connectivity index (χ0) is 25.2. The van der Waals surface area contributed by atoms with Crippen molar-refractivity contribution in [2.45, 2.75) is 38.5 Å². The topological polar surface area (TPSA) is 36.7 Å². The van der Waals surface area contributed by atoms with Gasteiger partial charge in [0.15, 0.2) is 0 Å². The lowest BCUT2D eigenvalue weighted by Crippen LogP contribution is -2.42. The molecule has 8 heteroatoms. The van der Waals surface area contributed by atoms with Gasteiger partial charge in [0.25, 0.3) is 5.91 Å². The van der Waals surface area contributed by atoms with Crippen molar-refractivity contribution in [3.05, 3.63) is 95.2 Å². The lowest BCUT2D eigenvalue weighted by molar-refractivity contribution is -0.137. The van der Waals surface area contributed by atoms with Gasteiger partial charge in [0, 0.05) is 37.2 Å². The fourth-order valence-corrected chi connectivity index (χ4v) is 4.76. The highest BCUT2D eigenvalue weighted by atomic mass is 19.4. The van der Waals surface area contributed by atoms with Crippen LogP contribution in [0, 0.1) is 11.7 Å². The maximum atomic E-state index is 13.4. The number of hydrogen-bond acceptors (Lipinski definition) is 3. The molecule has 1 aliphatic heterocycles. The molecule has 1 aromatic heterocycles. The largest absolute Gasteiger partial charge is 0.468 e. The summed E-state index contributed by atoms with van der Waals surface area (Å²) < 4.78 is 59.1. The zero-order valence-electron chi connectivity index (χ0n) is 19.6. The van der Waals surface area contributed by atoms with Crippen LogP contribution in [-0.2, 0) is 12.7 Å². The summed E-state index contributed by atoms with van der Waals surface area (Å²) >= 11 is 0. The van der Waals surface area contributed by atoms with E-state index in [0.29, 0.717) is 37.3 Å². The van der Waals surface area contributed by atoms with Crippen LogP contribution >= 0.6 is 0 Å². The Hall–Kier alpha value is -3.13. The number of benzene rings is 2. The molecule has 4 rings (SSSR count). The Labute approximate surface area is 202 Å². The average molecular weight is 489 g/mol. The second-order valence-electron chi connectivity index (χ2n) is 9.32. The number of furan rings is 1. The number of rotatable bonds is 7. The van der Waals surface area contributed by atoms with Crippen LogP contribution in [0.25, 0.3) is 0 Å². The molecular weight excluding hydrogens is 460 g/mol. The lowest BCUT2D eigenvalue weighted by atomic mass is 9.87. The molecule has 0 aliphatic carbocycles. The molecule has 4 nitrogen and oxygen atoms in total. The number of carbonyl (C=O) groups excluding carboxylic acids is 1. The molecule has 0 spiro atoms. The molecule has 2 aromatic carbocycles. The van der Waals surface area contributed by atoms with Gasteiger partial charge < -0.3 is 9.32 Å². The number of carbonyl (C=O) groups is 1. The molecule has 0 radical (unpaired) electrons. The van der Waals surface area contributed by atoms with Gasteiger partial charge in [-0.1, -0.05) is 18.2 Å². The van der Waals surface area contributed by atoms with Crippen LogP contribution in [0.5, 0.6) is 0 Å². The first kappa shape index (κ1) is 25.0. The highest BCUT2D eigenvalue weighted by molar-refractivity contribution is 5.94. The fourth-order valence-electron chi connectivity index (χ4n) is 4.76. The molecule has 2 atom stereocenters. The van der Waals surface area contributed by atoms with E-state index in [1.165, 1.54) is 36.4 Å². The SMILES string of the molecule is CC(C)N(C[C@@H]1CN(Cc2ccco2)C[C@H]1c1cccc(C(F)(F)F)c1)C(=O)c1ccc(F)cc1. The van der Waals surface area contributed by atoms with Gasteiger partial charge in [0.05, 0.1) is 18.4 Å². The minimum absolute atomic E-state index is 0.0970. The van der Waals surface area contributed by atoms with Gasteiger partial charge in [-0.25, -0.2) is 4.39 Å². The van der Waals surface area contributed by atoms with Crippen LogP contribution in [0.15, 0.2) is 71.3 Å². The van der Waals surface area contributed by atoms with Crippen LogP contribution in [-0.4, -0.2) is 41.4 Å². The Bertz CT molecular complexity index is 1130. The fraction of sp³-hybridized carbons (Fsp3) is 0.370. The van der Waals surface area contributed by atoms with Crippen molar-refractivity contribution in [2.24, 2.45) is 5.92 Å². The van der Waals surface area contributed by atoms with E-state index in [2.05, 4.69) is 4.90 Å². The summed E-state index contributed by atoms with van der Waals surface area (Å²) in [5.74, 6) is -0.176. The predicted octanol–water partition coefficient (Wildman–Crippen LogP) is 6.20. The van der Waals surface area contributed by atoms with Gasteiger partial charge in [-0.3, -0.25) is 9.69 Å². The van der Waals surface area contributed by atoms with Crippen molar-refractivity contribution in [3.8, 4) is 0 Å². The van der Waals surface area contributed by atoms with E-state index in [9.17, 15) is 22.4 Å². The van der Waals surface area contributed by atoms with E-state index in [1.54, 1.807) is 23.3 Å². The Kier molecular flexibility index (Phi) is 7.31. The summed E-state index contributed by atoms with van der Waals surface area (Å²) in [5, 5.41) is 0. The second kappa shape index (κ2) is 10.2. The van der Waals surface area contributed by atoms with Crippen molar-refractivity contribution in [1.29, 1.82) is 0 Å². The van der Waals surface area contributed by atoms with Crippen molar-refractivity contribution in [2.75, 3.05) is 19.6 Å². The van der Waals surface area contributed by atoms with E-state index in [4.69, 9.17) is 4.42 Å². The highest BCUT2D eigenvalue weighted by Gasteiger charge is 2.38. The van der Waals surface area contributed by atoms with Crippen LogP contribution in [0.4, 0.5) is 17.6 Å². The highest BCUT2D eigenvalue weighted by Crippen LogP contribution is 2.37. The molecule has 0 N–H and O–H groups in total.